The molecule has 0 aromatic heterocycles. The number of nitrogens with one attached hydrogen (secondary N) is 2. The van der Waals surface area contributed by atoms with Gasteiger partial charge in [-0.2, -0.15) is 0 Å². The van der Waals surface area contributed by atoms with Crippen molar-refractivity contribution in [2.75, 3.05) is 33.9 Å². The van der Waals surface area contributed by atoms with Gasteiger partial charge in [-0.25, -0.2) is 4.79 Å². The summed E-state index contributed by atoms with van der Waals surface area (Å²) in [5, 5.41) is 17.2. The van der Waals surface area contributed by atoms with Crippen molar-refractivity contribution in [2.24, 2.45) is 40.4 Å². The van der Waals surface area contributed by atoms with Gasteiger partial charge in [0.15, 0.2) is 0 Å². The number of allylic oxidation sites excluding steroid dienone is 1. The normalized spacial score (nSPS) is 24.4. The van der Waals surface area contributed by atoms with Crippen LogP contribution in [0.15, 0.2) is 90.5 Å². The Balaban J connectivity index is 0.676. The van der Waals surface area contributed by atoms with Crippen LogP contribution in [0, 0.1) is 40.4 Å². The summed E-state index contributed by atoms with van der Waals surface area (Å²) in [6.07, 6.45) is 30.8. The predicted octanol–water partition coefficient (Wildman–Crippen LogP) is 15.8. The molecule has 0 bridgehead atoms. The zero-order chi connectivity index (χ0) is 53.8. The van der Waals surface area contributed by atoms with Crippen molar-refractivity contribution in [2.45, 2.75) is 212 Å². The van der Waals surface area contributed by atoms with Crippen molar-refractivity contribution in [1.82, 2.24) is 10.6 Å². The molecule has 9 heteroatoms. The van der Waals surface area contributed by atoms with Crippen LogP contribution >= 0.6 is 0 Å². The lowest BCUT2D eigenvalue weighted by molar-refractivity contribution is -0.121. The average molecular weight is 1050 g/mol. The van der Waals surface area contributed by atoms with Crippen molar-refractivity contribution < 1.29 is 33.6 Å². The summed E-state index contributed by atoms with van der Waals surface area (Å²) in [6, 6.07) is 26.2. The minimum absolute atomic E-state index is 0.00597. The van der Waals surface area contributed by atoms with E-state index in [1.54, 1.807) is 19.8 Å². The van der Waals surface area contributed by atoms with Crippen LogP contribution in [0.3, 0.4) is 0 Å². The number of carbonyl (C=O) groups excluding carboxylic acids is 2. The molecule has 3 saturated carbocycles. The summed E-state index contributed by atoms with van der Waals surface area (Å²) in [5.41, 5.74) is 4.44. The number of hydrogen-bond donors (Lipinski definition) is 3. The van der Waals surface area contributed by atoms with Gasteiger partial charge in [0.05, 0.1) is 26.9 Å². The molecule has 3 N–H and O–H groups in total. The van der Waals surface area contributed by atoms with E-state index in [1.165, 1.54) is 83.5 Å². The predicted molar refractivity (Wildman–Crippen MR) is 309 cm³/mol. The Hall–Kier alpha value is -4.34. The molecule has 76 heavy (non-hydrogen) atoms. The van der Waals surface area contributed by atoms with Crippen LogP contribution in [0.5, 0.6) is 11.5 Å². The SMILES string of the molecule is COc1ccc(C(OCCC(O)CCCCCNC(=O)CCCCCCCCCCCNC(=O)O[C@@H]2CC[C@]3(C)C(=CCC4C5CCC(CCCC(C)C)[C@]5(C)CCC43)C2)(c2ccccc2)c2ccc(OC)cc2)cc1. The Morgan fingerprint density at radius 3 is 1.91 bits per heavy atom. The second-order valence-electron chi connectivity index (χ2n) is 24.5. The molecule has 0 aliphatic heterocycles. The van der Waals surface area contributed by atoms with E-state index < -0.39 is 11.7 Å². The number of carbonyl (C=O) groups is 2. The van der Waals surface area contributed by atoms with E-state index in [4.69, 9.17) is 18.9 Å². The van der Waals surface area contributed by atoms with Crippen LogP contribution in [-0.4, -0.2) is 63.2 Å². The van der Waals surface area contributed by atoms with E-state index in [0.717, 1.165) is 122 Å². The highest BCUT2D eigenvalue weighted by Crippen LogP contribution is 2.67. The third-order valence-corrected chi connectivity index (χ3v) is 19.2. The molecular weight excluding hydrogens is 945 g/mol. The summed E-state index contributed by atoms with van der Waals surface area (Å²) in [5.74, 6) is 5.95. The van der Waals surface area contributed by atoms with E-state index in [-0.39, 0.29) is 23.5 Å². The molecule has 4 aliphatic rings. The summed E-state index contributed by atoms with van der Waals surface area (Å²) in [4.78, 5) is 25.4. The average Bonchev–Trinajstić information content (AvgIpc) is 3.91. The second-order valence-corrected chi connectivity index (χ2v) is 24.5. The minimum Gasteiger partial charge on any atom is -0.497 e. The number of alkyl carbamates (subject to hydrolysis) is 1. The molecule has 4 aliphatic carbocycles. The van der Waals surface area contributed by atoms with Crippen LogP contribution in [0.1, 0.15) is 211 Å². The number of unbranched alkanes of at least 4 members (excludes halogenated alkanes) is 10. The van der Waals surface area contributed by atoms with Crippen molar-refractivity contribution in [3.8, 4) is 11.5 Å². The van der Waals surface area contributed by atoms with Gasteiger partial charge in [0, 0.05) is 25.9 Å². The fourth-order valence-corrected chi connectivity index (χ4v) is 14.7. The first-order valence-electron chi connectivity index (χ1n) is 30.5. The third kappa shape index (κ3) is 15.7. The van der Waals surface area contributed by atoms with E-state index in [0.29, 0.717) is 44.4 Å². The molecule has 7 rings (SSSR count). The molecular formula is C67H100N2O7. The monoisotopic (exact) mass is 1040 g/mol. The minimum atomic E-state index is -0.903. The van der Waals surface area contributed by atoms with Crippen LogP contribution < -0.4 is 20.1 Å². The van der Waals surface area contributed by atoms with E-state index in [9.17, 15) is 14.7 Å². The number of hydrogen-bond acceptors (Lipinski definition) is 7. The Morgan fingerprint density at radius 2 is 1.26 bits per heavy atom. The van der Waals surface area contributed by atoms with Crippen molar-refractivity contribution in [3.05, 3.63) is 107 Å². The second kappa shape index (κ2) is 29.6. The molecule has 0 heterocycles. The van der Waals surface area contributed by atoms with Crippen molar-refractivity contribution in [3.63, 3.8) is 0 Å². The van der Waals surface area contributed by atoms with Gasteiger partial charge >= 0.3 is 6.09 Å². The molecule has 0 radical (unpaired) electrons. The molecule has 420 valence electrons. The van der Waals surface area contributed by atoms with Gasteiger partial charge in [0.25, 0.3) is 0 Å². The Morgan fingerprint density at radius 1 is 0.658 bits per heavy atom. The molecule has 5 unspecified atom stereocenters. The zero-order valence-corrected chi connectivity index (χ0v) is 48.0. The van der Waals surface area contributed by atoms with Crippen LogP contribution in [-0.2, 0) is 19.9 Å². The van der Waals surface area contributed by atoms with Crippen LogP contribution in [0.4, 0.5) is 4.79 Å². The van der Waals surface area contributed by atoms with Gasteiger partial charge in [0.1, 0.15) is 23.2 Å². The number of ether oxygens (including phenoxy) is 4. The standard InChI is InChI=1S/C67H100N2O7/c1-50(2)23-22-26-51-34-40-61-60-39-33-55-49-59(41-44-66(55,4)62(60)42-45-65(51,61)3)76-64(72)69-47-20-13-11-9-7-8-10-12-19-28-63(71)68-46-21-15-18-27-56(70)43-48-75-67(52-24-16-14-17-25-52,53-29-35-57(73-5)36-30-53)54-31-37-58(74-6)38-32-54/h14,16-17,24-25,29-33,35-38,50-51,56,59-62,70H,7-13,15,18-23,26-28,34,39-49H2,1-6H3,(H,68,71)(H,69,72)/t51?,56?,59-,60?,61?,62?,65+,66-/m1/s1. The third-order valence-electron chi connectivity index (χ3n) is 19.2. The van der Waals surface area contributed by atoms with Gasteiger partial charge in [-0.3, -0.25) is 4.79 Å². The molecule has 0 saturated heterocycles. The number of aliphatic hydroxyl groups excluding tert-OH is 1. The number of aliphatic hydroxyl groups is 1. The lowest BCUT2D eigenvalue weighted by atomic mass is 9.47. The lowest BCUT2D eigenvalue weighted by Gasteiger charge is -2.58. The summed E-state index contributed by atoms with van der Waals surface area (Å²) in [6.45, 7) is 11.7. The van der Waals surface area contributed by atoms with Crippen molar-refractivity contribution >= 4 is 12.0 Å². The number of methoxy groups -OCH3 is 2. The molecule has 3 aromatic rings. The summed E-state index contributed by atoms with van der Waals surface area (Å²) in [7, 11) is 3.33. The Labute approximate surface area is 459 Å². The van der Waals surface area contributed by atoms with E-state index >= 15 is 0 Å². The van der Waals surface area contributed by atoms with E-state index in [1.807, 2.05) is 66.7 Å². The van der Waals surface area contributed by atoms with Gasteiger partial charge < -0.3 is 34.7 Å². The highest BCUT2D eigenvalue weighted by atomic mass is 16.6. The maximum absolute atomic E-state index is 12.9. The Bertz CT molecular complexity index is 2160. The number of fused-ring (bicyclic) bond motifs is 5. The van der Waals surface area contributed by atoms with Crippen molar-refractivity contribution in [1.29, 1.82) is 0 Å². The molecule has 8 atom stereocenters. The number of benzene rings is 3. The quantitative estimate of drug-likeness (QED) is 0.0324. The molecule has 0 spiro atoms. The maximum Gasteiger partial charge on any atom is 0.407 e. The lowest BCUT2D eigenvalue weighted by Crippen LogP contribution is -2.50. The molecule has 2 amide bonds. The molecule has 3 fully saturated rings. The maximum atomic E-state index is 12.9. The Kier molecular flexibility index (Phi) is 23.1. The smallest absolute Gasteiger partial charge is 0.407 e. The largest absolute Gasteiger partial charge is 0.497 e. The highest BCUT2D eigenvalue weighted by molar-refractivity contribution is 5.75. The number of amides is 2. The fraction of sp³-hybridized carbons (Fsp3) is 0.672. The summed E-state index contributed by atoms with van der Waals surface area (Å²) < 4.78 is 23.9. The molecule has 9 nitrogen and oxygen atoms in total. The first-order chi connectivity index (χ1) is 36.9. The fourth-order valence-electron chi connectivity index (χ4n) is 14.7. The van der Waals surface area contributed by atoms with Crippen LogP contribution in [0.2, 0.25) is 0 Å². The molecule has 3 aromatic carbocycles. The highest BCUT2D eigenvalue weighted by Gasteiger charge is 2.58. The van der Waals surface area contributed by atoms with Gasteiger partial charge in [-0.15, -0.1) is 0 Å². The number of rotatable bonds is 32. The zero-order valence-electron chi connectivity index (χ0n) is 48.0. The van der Waals surface area contributed by atoms with E-state index in [2.05, 4.69) is 56.5 Å². The topological polar surface area (TPSA) is 115 Å². The van der Waals surface area contributed by atoms with Gasteiger partial charge in [-0.1, -0.05) is 165 Å². The first kappa shape index (κ1) is 59.3. The van der Waals surface area contributed by atoms with Crippen LogP contribution in [0.25, 0.3) is 0 Å². The van der Waals surface area contributed by atoms with Gasteiger partial charge in [0.2, 0.25) is 5.91 Å². The summed E-state index contributed by atoms with van der Waals surface area (Å²) >= 11 is 0. The first-order valence-corrected chi connectivity index (χ1v) is 30.5. The van der Waals surface area contributed by atoms with Gasteiger partial charge in [-0.05, 0) is 165 Å².